The molecule has 5 rings (SSSR count). The molecule has 1 aliphatic rings. The summed E-state index contributed by atoms with van der Waals surface area (Å²) in [4.78, 5) is 23.3. The molecule has 0 unspecified atom stereocenters. The highest BCUT2D eigenvalue weighted by molar-refractivity contribution is 7.99. The van der Waals surface area contributed by atoms with Crippen molar-refractivity contribution in [1.82, 2.24) is 30.8 Å². The smallest absolute Gasteiger partial charge is 0.220 e. The summed E-state index contributed by atoms with van der Waals surface area (Å²) >= 11 is 1.53. The molecule has 3 atom stereocenters. The van der Waals surface area contributed by atoms with Gasteiger partial charge in [-0.05, 0) is 52.1 Å². The lowest BCUT2D eigenvalue weighted by Crippen LogP contribution is -2.31. The van der Waals surface area contributed by atoms with E-state index in [1.807, 2.05) is 78.9 Å². The number of benzene rings is 3. The van der Waals surface area contributed by atoms with E-state index in [9.17, 15) is 14.7 Å². The lowest BCUT2D eigenvalue weighted by Gasteiger charge is -2.36. The van der Waals surface area contributed by atoms with Crippen molar-refractivity contribution >= 4 is 23.6 Å². The second-order valence-corrected chi connectivity index (χ2v) is 12.2. The van der Waals surface area contributed by atoms with Gasteiger partial charge in [-0.2, -0.15) is 4.68 Å². The van der Waals surface area contributed by atoms with E-state index in [4.69, 9.17) is 9.47 Å². The molecule has 0 spiro atoms. The van der Waals surface area contributed by atoms with Crippen LogP contribution in [-0.4, -0.2) is 55.5 Å². The molecule has 12 heteroatoms. The van der Waals surface area contributed by atoms with E-state index in [0.29, 0.717) is 36.8 Å². The number of aliphatic hydroxyl groups excluding tert-OH is 1. The van der Waals surface area contributed by atoms with Crippen LogP contribution in [0.4, 0.5) is 0 Å². The number of nitrogens with one attached hydrogen (secondary N) is 2. The molecule has 1 aliphatic heterocycles. The van der Waals surface area contributed by atoms with Crippen molar-refractivity contribution in [3.63, 3.8) is 0 Å². The Labute approximate surface area is 273 Å². The van der Waals surface area contributed by atoms with Crippen LogP contribution < -0.4 is 10.6 Å². The van der Waals surface area contributed by atoms with Crippen molar-refractivity contribution in [2.24, 2.45) is 0 Å². The number of thioether (sulfide) groups is 1. The van der Waals surface area contributed by atoms with Gasteiger partial charge < -0.3 is 25.2 Å². The SMILES string of the molecule is CC(=O)NCCCCCC(=O)NCc1ccc([C@H]2O[C@@H](CSc3nnnn3-c3ccccc3)C[C@@H](c3ccc(CO)cc3)O2)cc1. The maximum atomic E-state index is 12.3. The molecule has 1 saturated heterocycles. The lowest BCUT2D eigenvalue weighted by molar-refractivity contribution is -0.245. The van der Waals surface area contributed by atoms with E-state index in [-0.39, 0.29) is 30.6 Å². The van der Waals surface area contributed by atoms with Crippen molar-refractivity contribution in [3.05, 3.63) is 101 Å². The highest BCUT2D eigenvalue weighted by Gasteiger charge is 2.32. The Bertz CT molecular complexity index is 1530. The first kappa shape index (κ1) is 33.3. The third kappa shape index (κ3) is 9.70. The van der Waals surface area contributed by atoms with E-state index in [0.717, 1.165) is 47.2 Å². The molecule has 2 amide bonds. The van der Waals surface area contributed by atoms with Crippen LogP contribution in [0, 0.1) is 0 Å². The minimum atomic E-state index is -0.590. The summed E-state index contributed by atoms with van der Waals surface area (Å²) < 4.78 is 14.7. The number of unbranched alkanes of at least 4 members (excludes halogenated alkanes) is 2. The molecule has 3 aromatic carbocycles. The summed E-state index contributed by atoms with van der Waals surface area (Å²) in [7, 11) is 0. The van der Waals surface area contributed by atoms with Crippen LogP contribution in [0.5, 0.6) is 0 Å². The first-order chi connectivity index (χ1) is 22.5. The topological polar surface area (TPSA) is 140 Å². The first-order valence-corrected chi connectivity index (χ1v) is 16.5. The first-order valence-electron chi connectivity index (χ1n) is 15.6. The molecule has 1 aromatic heterocycles. The predicted molar refractivity (Wildman–Crippen MR) is 174 cm³/mol. The zero-order valence-corrected chi connectivity index (χ0v) is 26.7. The monoisotopic (exact) mass is 644 g/mol. The Kier molecular flexibility index (Phi) is 12.3. The van der Waals surface area contributed by atoms with Gasteiger partial charge in [-0.15, -0.1) is 5.10 Å². The summed E-state index contributed by atoms with van der Waals surface area (Å²) in [5.74, 6) is 0.600. The third-order valence-corrected chi connectivity index (χ3v) is 8.70. The number of para-hydroxylation sites is 1. The number of hydrogen-bond donors (Lipinski definition) is 3. The molecule has 2 heterocycles. The zero-order valence-electron chi connectivity index (χ0n) is 25.9. The molecule has 0 bridgehead atoms. The van der Waals surface area contributed by atoms with Crippen LogP contribution in [0.15, 0.2) is 84.0 Å². The minimum absolute atomic E-state index is 0.0104. The second kappa shape index (κ2) is 17.0. The molecule has 3 N–H and O–H groups in total. The summed E-state index contributed by atoms with van der Waals surface area (Å²) in [6.45, 7) is 2.57. The average molecular weight is 645 g/mol. The highest BCUT2D eigenvalue weighted by atomic mass is 32.2. The fourth-order valence-corrected chi connectivity index (χ4v) is 6.03. The van der Waals surface area contributed by atoms with Crippen LogP contribution in [-0.2, 0) is 32.2 Å². The van der Waals surface area contributed by atoms with Gasteiger partial charge in [0.15, 0.2) is 6.29 Å². The molecule has 0 saturated carbocycles. The number of amides is 2. The maximum Gasteiger partial charge on any atom is 0.220 e. The van der Waals surface area contributed by atoms with Crippen LogP contribution >= 0.6 is 11.8 Å². The molecule has 242 valence electrons. The van der Waals surface area contributed by atoms with Crippen LogP contribution in [0.1, 0.15) is 73.7 Å². The number of tetrazole rings is 1. The Hall–Kier alpha value is -4.10. The van der Waals surface area contributed by atoms with Gasteiger partial charge in [0.05, 0.1) is 24.5 Å². The maximum absolute atomic E-state index is 12.3. The van der Waals surface area contributed by atoms with Crippen molar-refractivity contribution in [3.8, 4) is 5.69 Å². The van der Waals surface area contributed by atoms with Gasteiger partial charge >= 0.3 is 0 Å². The number of aromatic nitrogens is 4. The molecule has 11 nitrogen and oxygen atoms in total. The lowest BCUT2D eigenvalue weighted by atomic mass is 10.0. The summed E-state index contributed by atoms with van der Waals surface area (Å²) in [5.41, 5.74) is 4.61. The van der Waals surface area contributed by atoms with Crippen molar-refractivity contribution in [2.45, 2.75) is 75.8 Å². The van der Waals surface area contributed by atoms with Gasteiger partial charge in [0.25, 0.3) is 0 Å². The molecular weight excluding hydrogens is 604 g/mol. The Morgan fingerprint density at radius 1 is 0.913 bits per heavy atom. The number of hydrogen-bond acceptors (Lipinski definition) is 9. The number of carbonyl (C=O) groups is 2. The average Bonchev–Trinajstić information content (AvgIpc) is 3.57. The number of nitrogens with zero attached hydrogens (tertiary/aromatic N) is 4. The number of carbonyl (C=O) groups excluding carboxylic acids is 2. The van der Waals surface area contributed by atoms with Gasteiger partial charge in [0, 0.05) is 44.2 Å². The normalized spacial score (nSPS) is 17.8. The number of aliphatic hydroxyl groups is 1. The highest BCUT2D eigenvalue weighted by Crippen LogP contribution is 2.39. The second-order valence-electron chi connectivity index (χ2n) is 11.2. The molecular formula is C34H40N6O5S. The van der Waals surface area contributed by atoms with E-state index in [1.54, 1.807) is 4.68 Å². The van der Waals surface area contributed by atoms with Gasteiger partial charge in [0.1, 0.15) is 0 Å². The van der Waals surface area contributed by atoms with Gasteiger partial charge in [-0.25, -0.2) is 0 Å². The summed E-state index contributed by atoms with van der Waals surface area (Å²) in [6, 6.07) is 25.5. The fraction of sp³-hybridized carbons (Fsp3) is 0.382. The third-order valence-electron chi connectivity index (χ3n) is 7.65. The van der Waals surface area contributed by atoms with E-state index < -0.39 is 6.29 Å². The van der Waals surface area contributed by atoms with Crippen molar-refractivity contribution < 1.29 is 24.2 Å². The van der Waals surface area contributed by atoms with Crippen LogP contribution in [0.25, 0.3) is 5.69 Å². The van der Waals surface area contributed by atoms with Crippen molar-refractivity contribution in [1.29, 1.82) is 0 Å². The fourth-order valence-electron chi connectivity index (χ4n) is 5.12. The Morgan fingerprint density at radius 2 is 1.65 bits per heavy atom. The molecule has 1 fully saturated rings. The standard InChI is InChI=1S/C34H40N6O5S/c1-24(42)35-19-7-3-6-10-32(43)36-21-25-11-17-28(18-12-25)33-44-30(20-31(45-33)27-15-13-26(22-41)14-16-27)23-46-34-37-38-39-40(34)29-8-4-2-5-9-29/h2,4-5,8-9,11-18,30-31,33,41H,3,6-7,10,19-23H2,1H3,(H,35,42)(H,36,43)/t30-,31+,33+/m1/s1. The zero-order chi connectivity index (χ0) is 32.1. The van der Waals surface area contributed by atoms with Crippen LogP contribution in [0.2, 0.25) is 0 Å². The minimum Gasteiger partial charge on any atom is -0.392 e. The van der Waals surface area contributed by atoms with Gasteiger partial charge in [-0.1, -0.05) is 84.9 Å². The largest absolute Gasteiger partial charge is 0.392 e. The van der Waals surface area contributed by atoms with E-state index >= 15 is 0 Å². The summed E-state index contributed by atoms with van der Waals surface area (Å²) in [5, 5.41) is 28.2. The van der Waals surface area contributed by atoms with Gasteiger partial charge in [0.2, 0.25) is 17.0 Å². The van der Waals surface area contributed by atoms with E-state index in [2.05, 4.69) is 26.2 Å². The molecule has 0 aliphatic carbocycles. The molecule has 46 heavy (non-hydrogen) atoms. The van der Waals surface area contributed by atoms with Gasteiger partial charge in [-0.3, -0.25) is 9.59 Å². The number of ether oxygens (including phenoxy) is 2. The Balaban J connectivity index is 1.19. The summed E-state index contributed by atoms with van der Waals surface area (Å²) in [6.07, 6.45) is 2.69. The van der Waals surface area contributed by atoms with Crippen LogP contribution in [0.3, 0.4) is 0 Å². The number of rotatable bonds is 15. The van der Waals surface area contributed by atoms with E-state index in [1.165, 1.54) is 18.7 Å². The Morgan fingerprint density at radius 3 is 2.39 bits per heavy atom. The quantitative estimate of drug-likeness (QED) is 0.123. The molecule has 0 radical (unpaired) electrons. The predicted octanol–water partition coefficient (Wildman–Crippen LogP) is 4.81. The van der Waals surface area contributed by atoms with Crippen molar-refractivity contribution in [2.75, 3.05) is 12.3 Å². The molecule has 4 aromatic rings.